The molecule has 1 aliphatic carbocycles. The van der Waals surface area contributed by atoms with Gasteiger partial charge in [0.1, 0.15) is 0 Å². The highest BCUT2D eigenvalue weighted by molar-refractivity contribution is 5.94. The van der Waals surface area contributed by atoms with Crippen molar-refractivity contribution >= 4 is 23.8 Å². The van der Waals surface area contributed by atoms with Gasteiger partial charge in [0.2, 0.25) is 0 Å². The highest BCUT2D eigenvalue weighted by Crippen LogP contribution is 2.38. The summed E-state index contributed by atoms with van der Waals surface area (Å²) in [5.74, 6) is 0. The van der Waals surface area contributed by atoms with Crippen LogP contribution >= 0.6 is 0 Å². The van der Waals surface area contributed by atoms with Crippen LogP contribution < -0.4 is 0 Å². The number of piperidine rings is 1. The van der Waals surface area contributed by atoms with Gasteiger partial charge in [-0.15, -0.1) is 0 Å². The molecule has 0 amide bonds. The SMILES string of the molecule is C(=Cc1cccnc1)CN1CCC(=C2c3ccccc3C=Cc3ccccc32)CC1. The van der Waals surface area contributed by atoms with Crippen molar-refractivity contribution in [3.63, 3.8) is 0 Å². The van der Waals surface area contributed by atoms with Crippen molar-refractivity contribution in [2.45, 2.75) is 12.8 Å². The Morgan fingerprint density at radius 3 is 2.10 bits per heavy atom. The Labute approximate surface area is 178 Å². The summed E-state index contributed by atoms with van der Waals surface area (Å²) in [4.78, 5) is 6.73. The Morgan fingerprint density at radius 2 is 1.47 bits per heavy atom. The molecule has 0 atom stereocenters. The molecule has 2 aromatic carbocycles. The van der Waals surface area contributed by atoms with Crippen molar-refractivity contribution in [3.05, 3.63) is 113 Å². The van der Waals surface area contributed by atoms with Gasteiger partial charge in [0, 0.05) is 32.0 Å². The molecule has 2 heterocycles. The number of hydrogen-bond donors (Lipinski definition) is 0. The first kappa shape index (κ1) is 18.8. The predicted molar refractivity (Wildman–Crippen MR) is 127 cm³/mol. The first-order valence-corrected chi connectivity index (χ1v) is 10.8. The van der Waals surface area contributed by atoms with Gasteiger partial charge in [0.15, 0.2) is 0 Å². The van der Waals surface area contributed by atoms with Crippen LogP contribution in [0.4, 0.5) is 0 Å². The largest absolute Gasteiger partial charge is 0.299 e. The van der Waals surface area contributed by atoms with Crippen LogP contribution in [0.2, 0.25) is 0 Å². The maximum absolute atomic E-state index is 4.18. The maximum atomic E-state index is 4.18. The summed E-state index contributed by atoms with van der Waals surface area (Å²) in [7, 11) is 0. The van der Waals surface area contributed by atoms with Crippen LogP contribution in [0.1, 0.15) is 40.7 Å². The average molecular weight is 391 g/mol. The van der Waals surface area contributed by atoms with Crippen molar-refractivity contribution in [1.29, 1.82) is 0 Å². The smallest absolute Gasteiger partial charge is 0.0340 e. The molecule has 0 saturated carbocycles. The number of rotatable bonds is 3. The van der Waals surface area contributed by atoms with Crippen molar-refractivity contribution < 1.29 is 0 Å². The van der Waals surface area contributed by atoms with Gasteiger partial charge < -0.3 is 0 Å². The normalized spacial score (nSPS) is 16.4. The van der Waals surface area contributed by atoms with Crippen LogP contribution in [0.25, 0.3) is 23.8 Å². The van der Waals surface area contributed by atoms with E-state index < -0.39 is 0 Å². The van der Waals surface area contributed by atoms with Crippen molar-refractivity contribution in [3.8, 4) is 0 Å². The number of nitrogens with zero attached hydrogens (tertiary/aromatic N) is 2. The first-order valence-electron chi connectivity index (χ1n) is 10.8. The summed E-state index contributed by atoms with van der Waals surface area (Å²) in [5, 5.41) is 0. The van der Waals surface area contributed by atoms with E-state index in [0.717, 1.165) is 38.0 Å². The zero-order valence-corrected chi connectivity index (χ0v) is 17.2. The fourth-order valence-corrected chi connectivity index (χ4v) is 4.51. The van der Waals surface area contributed by atoms with E-state index in [0.29, 0.717) is 0 Å². The zero-order chi connectivity index (χ0) is 20.2. The van der Waals surface area contributed by atoms with Gasteiger partial charge in [-0.1, -0.05) is 84.5 Å². The molecule has 2 heteroatoms. The molecular formula is C28H26N2. The Balaban J connectivity index is 1.39. The number of hydrogen-bond acceptors (Lipinski definition) is 2. The van der Waals surface area contributed by atoms with E-state index in [9.17, 15) is 0 Å². The van der Waals surface area contributed by atoms with Crippen molar-refractivity contribution in [2.75, 3.05) is 19.6 Å². The Bertz CT molecular complexity index is 1060. The van der Waals surface area contributed by atoms with E-state index in [4.69, 9.17) is 0 Å². The van der Waals surface area contributed by atoms with E-state index in [1.54, 1.807) is 5.57 Å². The average Bonchev–Trinajstić information content (AvgIpc) is 2.97. The molecule has 1 aromatic heterocycles. The quantitative estimate of drug-likeness (QED) is 0.415. The highest BCUT2D eigenvalue weighted by atomic mass is 15.1. The molecule has 1 aliphatic heterocycles. The summed E-state index contributed by atoms with van der Waals surface area (Å²) >= 11 is 0. The third-order valence-electron chi connectivity index (χ3n) is 6.07. The molecule has 2 aliphatic rings. The molecule has 0 spiro atoms. The van der Waals surface area contributed by atoms with Crippen molar-refractivity contribution in [1.82, 2.24) is 9.88 Å². The van der Waals surface area contributed by atoms with Gasteiger partial charge in [-0.3, -0.25) is 9.88 Å². The Morgan fingerprint density at radius 1 is 0.800 bits per heavy atom. The van der Waals surface area contributed by atoms with Crippen LogP contribution in [0.5, 0.6) is 0 Å². The zero-order valence-electron chi connectivity index (χ0n) is 17.2. The summed E-state index contributed by atoms with van der Waals surface area (Å²) in [5.41, 5.74) is 9.59. The molecule has 3 aromatic rings. The second-order valence-corrected chi connectivity index (χ2v) is 7.98. The van der Waals surface area contributed by atoms with Crippen LogP contribution in [-0.2, 0) is 0 Å². The van der Waals surface area contributed by atoms with Crippen molar-refractivity contribution in [2.24, 2.45) is 0 Å². The molecule has 0 bridgehead atoms. The Kier molecular flexibility index (Phi) is 5.41. The molecule has 148 valence electrons. The fraction of sp³-hybridized carbons (Fsp3) is 0.179. The minimum atomic E-state index is 0.992. The van der Waals surface area contributed by atoms with Gasteiger partial charge in [-0.05, 0) is 52.3 Å². The molecule has 2 nitrogen and oxygen atoms in total. The monoisotopic (exact) mass is 390 g/mol. The summed E-state index contributed by atoms with van der Waals surface area (Å²) in [6.45, 7) is 3.20. The van der Waals surface area contributed by atoms with E-state index in [2.05, 4.69) is 88.8 Å². The molecular weight excluding hydrogens is 364 g/mol. The Hall–Kier alpha value is -3.23. The van der Waals surface area contributed by atoms with Gasteiger partial charge in [0.25, 0.3) is 0 Å². The lowest BCUT2D eigenvalue weighted by Crippen LogP contribution is -2.31. The van der Waals surface area contributed by atoms with E-state index in [1.165, 1.54) is 27.8 Å². The first-order chi connectivity index (χ1) is 14.9. The lowest BCUT2D eigenvalue weighted by Gasteiger charge is -2.29. The van der Waals surface area contributed by atoms with E-state index in [-0.39, 0.29) is 0 Å². The van der Waals surface area contributed by atoms with E-state index >= 15 is 0 Å². The predicted octanol–water partition coefficient (Wildman–Crippen LogP) is 6.18. The van der Waals surface area contributed by atoms with Crippen LogP contribution in [-0.4, -0.2) is 29.5 Å². The molecule has 0 unspecified atom stereocenters. The second-order valence-electron chi connectivity index (χ2n) is 7.98. The summed E-state index contributed by atoms with van der Waals surface area (Å²) in [6, 6.07) is 21.7. The topological polar surface area (TPSA) is 16.1 Å². The molecule has 1 fully saturated rings. The highest BCUT2D eigenvalue weighted by Gasteiger charge is 2.21. The van der Waals surface area contributed by atoms with Gasteiger partial charge >= 0.3 is 0 Å². The maximum Gasteiger partial charge on any atom is 0.0340 e. The number of likely N-dealkylation sites (tertiary alicyclic amines) is 1. The summed E-state index contributed by atoms with van der Waals surface area (Å²) in [6.07, 6.45) is 14.9. The molecule has 1 saturated heterocycles. The number of pyridine rings is 1. The lowest BCUT2D eigenvalue weighted by atomic mass is 9.86. The van der Waals surface area contributed by atoms with Crippen LogP contribution in [0, 0.1) is 0 Å². The second kappa shape index (κ2) is 8.64. The number of fused-ring (bicyclic) bond motifs is 2. The number of benzene rings is 2. The van der Waals surface area contributed by atoms with E-state index in [1.807, 2.05) is 18.5 Å². The lowest BCUT2D eigenvalue weighted by molar-refractivity contribution is 0.284. The number of aromatic nitrogens is 1. The third kappa shape index (κ3) is 3.92. The summed E-state index contributed by atoms with van der Waals surface area (Å²) < 4.78 is 0. The van der Waals surface area contributed by atoms with Crippen LogP contribution in [0.15, 0.2) is 84.7 Å². The molecule has 0 N–H and O–H groups in total. The molecule has 30 heavy (non-hydrogen) atoms. The van der Waals surface area contributed by atoms with Crippen LogP contribution in [0.3, 0.4) is 0 Å². The van der Waals surface area contributed by atoms with Gasteiger partial charge in [-0.25, -0.2) is 0 Å². The minimum Gasteiger partial charge on any atom is -0.299 e. The fourth-order valence-electron chi connectivity index (χ4n) is 4.51. The third-order valence-corrected chi connectivity index (χ3v) is 6.07. The van der Waals surface area contributed by atoms with Gasteiger partial charge in [-0.2, -0.15) is 0 Å². The van der Waals surface area contributed by atoms with Gasteiger partial charge in [0.05, 0.1) is 0 Å². The molecule has 0 radical (unpaired) electrons. The molecule has 5 rings (SSSR count). The standard InChI is InChI=1S/C28H26N2/c1-3-11-26-23(9-1)13-14-24-10-2-4-12-27(24)28(26)25-15-19-30(20-16-25)18-6-8-22-7-5-17-29-21-22/h1-14,17,21H,15-16,18-20H2. The minimum absolute atomic E-state index is 0.992.